The molecule has 23 heavy (non-hydrogen) atoms. The highest BCUT2D eigenvalue weighted by atomic mass is 32.2. The monoisotopic (exact) mass is 340 g/mol. The number of benzene rings is 1. The van der Waals surface area contributed by atoms with E-state index in [0.29, 0.717) is 0 Å². The molecule has 1 amide bonds. The molecule has 0 atom stereocenters. The van der Waals surface area contributed by atoms with E-state index < -0.39 is 22.6 Å². The number of nitrogens with one attached hydrogen (secondary N) is 1. The SMILES string of the molecule is NS(=O)(=O)c1cccc(C(=O)OCC(=O)NC2CCCCC2)c1. The number of hydrogen-bond donors (Lipinski definition) is 2. The molecule has 1 aliphatic carbocycles. The summed E-state index contributed by atoms with van der Waals surface area (Å²) in [7, 11) is -3.90. The van der Waals surface area contributed by atoms with Crippen molar-refractivity contribution in [2.75, 3.05) is 6.61 Å². The van der Waals surface area contributed by atoms with E-state index in [1.165, 1.54) is 24.6 Å². The first-order valence-corrected chi connectivity index (χ1v) is 9.00. The zero-order valence-corrected chi connectivity index (χ0v) is 13.5. The first-order chi connectivity index (χ1) is 10.9. The van der Waals surface area contributed by atoms with Crippen LogP contribution in [0.25, 0.3) is 0 Å². The maximum atomic E-state index is 11.9. The van der Waals surface area contributed by atoms with Gasteiger partial charge >= 0.3 is 5.97 Å². The van der Waals surface area contributed by atoms with Gasteiger partial charge in [-0.3, -0.25) is 4.79 Å². The third kappa shape index (κ3) is 5.33. The molecular weight excluding hydrogens is 320 g/mol. The molecule has 1 fully saturated rings. The number of carbonyl (C=O) groups excluding carboxylic acids is 2. The lowest BCUT2D eigenvalue weighted by Crippen LogP contribution is -2.38. The van der Waals surface area contributed by atoms with Gasteiger partial charge in [0.15, 0.2) is 6.61 Å². The Hall–Kier alpha value is -1.93. The third-order valence-corrected chi connectivity index (χ3v) is 4.61. The van der Waals surface area contributed by atoms with Crippen molar-refractivity contribution in [2.24, 2.45) is 5.14 Å². The van der Waals surface area contributed by atoms with Crippen LogP contribution < -0.4 is 10.5 Å². The Labute approximate surface area is 135 Å². The van der Waals surface area contributed by atoms with Crippen LogP contribution in [0.3, 0.4) is 0 Å². The van der Waals surface area contributed by atoms with Crippen LogP contribution in [-0.4, -0.2) is 32.9 Å². The Balaban J connectivity index is 1.88. The predicted octanol–water partition coefficient (Wildman–Crippen LogP) is 0.940. The molecule has 1 aromatic carbocycles. The highest BCUT2D eigenvalue weighted by molar-refractivity contribution is 7.89. The van der Waals surface area contributed by atoms with E-state index in [0.717, 1.165) is 31.7 Å². The van der Waals surface area contributed by atoms with Gasteiger partial charge in [-0.25, -0.2) is 18.4 Å². The van der Waals surface area contributed by atoms with Gasteiger partial charge in [0, 0.05) is 6.04 Å². The lowest BCUT2D eigenvalue weighted by atomic mass is 9.95. The van der Waals surface area contributed by atoms with Gasteiger partial charge < -0.3 is 10.1 Å². The van der Waals surface area contributed by atoms with Crippen molar-refractivity contribution in [3.63, 3.8) is 0 Å². The highest BCUT2D eigenvalue weighted by Crippen LogP contribution is 2.17. The molecule has 0 bridgehead atoms. The molecule has 1 aliphatic rings. The molecule has 0 saturated heterocycles. The van der Waals surface area contributed by atoms with Gasteiger partial charge in [0.1, 0.15) is 0 Å². The van der Waals surface area contributed by atoms with Gasteiger partial charge in [0.25, 0.3) is 5.91 Å². The first-order valence-electron chi connectivity index (χ1n) is 7.45. The second-order valence-electron chi connectivity index (χ2n) is 5.55. The van der Waals surface area contributed by atoms with Crippen molar-refractivity contribution in [2.45, 2.75) is 43.0 Å². The van der Waals surface area contributed by atoms with Gasteiger partial charge in [-0.1, -0.05) is 25.3 Å². The summed E-state index contributed by atoms with van der Waals surface area (Å²) in [6, 6.07) is 5.33. The average molecular weight is 340 g/mol. The lowest BCUT2D eigenvalue weighted by Gasteiger charge is -2.22. The molecule has 7 nitrogen and oxygen atoms in total. The first kappa shape index (κ1) is 17.4. The molecule has 0 aromatic heterocycles. The van der Waals surface area contributed by atoms with Crippen LogP contribution in [0.2, 0.25) is 0 Å². The van der Waals surface area contributed by atoms with Crippen LogP contribution in [0.1, 0.15) is 42.5 Å². The fourth-order valence-electron chi connectivity index (χ4n) is 2.53. The van der Waals surface area contributed by atoms with E-state index >= 15 is 0 Å². The van der Waals surface area contributed by atoms with Crippen molar-refractivity contribution >= 4 is 21.9 Å². The van der Waals surface area contributed by atoms with Gasteiger partial charge in [-0.05, 0) is 31.0 Å². The fraction of sp³-hybridized carbons (Fsp3) is 0.467. The number of primary sulfonamides is 1. The number of ether oxygens (including phenoxy) is 1. The maximum Gasteiger partial charge on any atom is 0.338 e. The third-order valence-electron chi connectivity index (χ3n) is 3.70. The molecule has 0 unspecified atom stereocenters. The van der Waals surface area contributed by atoms with E-state index in [-0.39, 0.29) is 22.4 Å². The summed E-state index contributed by atoms with van der Waals surface area (Å²) in [6.07, 6.45) is 5.24. The highest BCUT2D eigenvalue weighted by Gasteiger charge is 2.18. The molecule has 0 aliphatic heterocycles. The number of sulfonamides is 1. The molecule has 0 heterocycles. The summed E-state index contributed by atoms with van der Waals surface area (Å²) >= 11 is 0. The van der Waals surface area contributed by atoms with E-state index in [1.807, 2.05) is 0 Å². The Morgan fingerprint density at radius 3 is 2.57 bits per heavy atom. The number of nitrogens with two attached hydrogens (primary N) is 1. The zero-order chi connectivity index (χ0) is 16.9. The van der Waals surface area contributed by atoms with Crippen LogP contribution in [0.15, 0.2) is 29.2 Å². The van der Waals surface area contributed by atoms with Crippen molar-refractivity contribution in [1.82, 2.24) is 5.32 Å². The minimum Gasteiger partial charge on any atom is -0.452 e. The molecule has 2 rings (SSSR count). The van der Waals surface area contributed by atoms with Gasteiger partial charge in [-0.15, -0.1) is 0 Å². The Morgan fingerprint density at radius 1 is 1.22 bits per heavy atom. The number of esters is 1. The zero-order valence-electron chi connectivity index (χ0n) is 12.7. The van der Waals surface area contributed by atoms with Crippen molar-refractivity contribution in [1.29, 1.82) is 0 Å². The summed E-state index contributed by atoms with van der Waals surface area (Å²) < 4.78 is 27.4. The predicted molar refractivity (Wildman–Crippen MR) is 83.1 cm³/mol. The second kappa shape index (κ2) is 7.56. The molecule has 3 N–H and O–H groups in total. The van der Waals surface area contributed by atoms with Gasteiger partial charge in [0.05, 0.1) is 10.5 Å². The fourth-order valence-corrected chi connectivity index (χ4v) is 3.09. The van der Waals surface area contributed by atoms with E-state index in [2.05, 4.69) is 5.32 Å². The summed E-state index contributed by atoms with van der Waals surface area (Å²) in [5, 5.41) is 7.84. The summed E-state index contributed by atoms with van der Waals surface area (Å²) in [4.78, 5) is 23.5. The Kier molecular flexibility index (Phi) is 5.73. The standard InChI is InChI=1S/C15H20N2O5S/c16-23(20,21)13-8-4-5-11(9-13)15(19)22-10-14(18)17-12-6-2-1-3-7-12/h4-5,8-9,12H,1-3,6-7,10H2,(H,17,18)(H2,16,20,21). The normalized spacial score (nSPS) is 15.9. The Bertz CT molecular complexity index is 681. The van der Waals surface area contributed by atoms with Crippen LogP contribution >= 0.6 is 0 Å². The smallest absolute Gasteiger partial charge is 0.338 e. The number of hydrogen-bond acceptors (Lipinski definition) is 5. The largest absolute Gasteiger partial charge is 0.452 e. The molecule has 1 saturated carbocycles. The summed E-state index contributed by atoms with van der Waals surface area (Å²) in [5.74, 6) is -1.12. The quantitative estimate of drug-likeness (QED) is 0.774. The van der Waals surface area contributed by atoms with Crippen LogP contribution in [-0.2, 0) is 19.6 Å². The van der Waals surface area contributed by atoms with E-state index in [4.69, 9.17) is 9.88 Å². The molecule has 8 heteroatoms. The molecular formula is C15H20N2O5S. The van der Waals surface area contributed by atoms with Crippen molar-refractivity contribution < 1.29 is 22.7 Å². The lowest BCUT2D eigenvalue weighted by molar-refractivity contribution is -0.125. The van der Waals surface area contributed by atoms with Gasteiger partial charge in [-0.2, -0.15) is 0 Å². The van der Waals surface area contributed by atoms with Gasteiger partial charge in [0.2, 0.25) is 10.0 Å². The molecule has 0 spiro atoms. The van der Waals surface area contributed by atoms with E-state index in [1.54, 1.807) is 0 Å². The molecule has 0 radical (unpaired) electrons. The second-order valence-corrected chi connectivity index (χ2v) is 7.11. The van der Waals surface area contributed by atoms with Crippen LogP contribution in [0.5, 0.6) is 0 Å². The minimum atomic E-state index is -3.90. The topological polar surface area (TPSA) is 116 Å². The Morgan fingerprint density at radius 2 is 1.91 bits per heavy atom. The van der Waals surface area contributed by atoms with Crippen LogP contribution in [0.4, 0.5) is 0 Å². The maximum absolute atomic E-state index is 11.9. The number of rotatable bonds is 5. The molecule has 1 aromatic rings. The van der Waals surface area contributed by atoms with Crippen molar-refractivity contribution in [3.8, 4) is 0 Å². The summed E-state index contributed by atoms with van der Waals surface area (Å²) in [5.41, 5.74) is 0.0296. The van der Waals surface area contributed by atoms with E-state index in [9.17, 15) is 18.0 Å². The van der Waals surface area contributed by atoms with Crippen LogP contribution in [0, 0.1) is 0 Å². The number of carbonyl (C=O) groups is 2. The number of amides is 1. The average Bonchev–Trinajstić information content (AvgIpc) is 2.53. The minimum absolute atomic E-state index is 0.0296. The van der Waals surface area contributed by atoms with Crippen molar-refractivity contribution in [3.05, 3.63) is 29.8 Å². The molecule has 126 valence electrons. The summed E-state index contributed by atoms with van der Waals surface area (Å²) in [6.45, 7) is -0.394.